The van der Waals surface area contributed by atoms with Gasteiger partial charge < -0.3 is 9.73 Å². The van der Waals surface area contributed by atoms with E-state index in [4.69, 9.17) is 16.0 Å². The number of hydrogen-bond donors (Lipinski definition) is 1. The van der Waals surface area contributed by atoms with Gasteiger partial charge in [0.25, 0.3) is 0 Å². The van der Waals surface area contributed by atoms with Crippen LogP contribution < -0.4 is 5.32 Å². The molecular formula is C17H15ClFNO. The van der Waals surface area contributed by atoms with Crippen LogP contribution in [0.1, 0.15) is 22.9 Å². The van der Waals surface area contributed by atoms with Gasteiger partial charge in [-0.15, -0.1) is 0 Å². The highest BCUT2D eigenvalue weighted by atomic mass is 35.5. The first-order valence-corrected chi connectivity index (χ1v) is 7.10. The predicted octanol–water partition coefficient (Wildman–Crippen LogP) is 4.84. The van der Waals surface area contributed by atoms with Gasteiger partial charge in [0.05, 0.1) is 11.1 Å². The van der Waals surface area contributed by atoms with Crippen molar-refractivity contribution in [2.24, 2.45) is 0 Å². The van der Waals surface area contributed by atoms with Gasteiger partial charge in [0.1, 0.15) is 17.2 Å². The van der Waals surface area contributed by atoms with Gasteiger partial charge in [-0.2, -0.15) is 0 Å². The lowest BCUT2D eigenvalue weighted by molar-refractivity contribution is 0.475. The number of halogens is 2. The third-order valence-corrected chi connectivity index (χ3v) is 3.92. The Labute approximate surface area is 127 Å². The lowest BCUT2D eigenvalue weighted by Crippen LogP contribution is -2.18. The molecule has 108 valence electrons. The predicted molar refractivity (Wildman–Crippen MR) is 83.3 cm³/mol. The highest BCUT2D eigenvalue weighted by Crippen LogP contribution is 2.32. The second kappa shape index (κ2) is 5.51. The van der Waals surface area contributed by atoms with Crippen molar-refractivity contribution in [3.05, 3.63) is 70.2 Å². The molecule has 4 heteroatoms. The fourth-order valence-electron chi connectivity index (χ4n) is 2.57. The molecule has 0 aliphatic rings. The molecule has 2 aromatic carbocycles. The smallest absolute Gasteiger partial charge is 0.147 e. The minimum absolute atomic E-state index is 0.111. The molecule has 0 saturated heterocycles. The monoisotopic (exact) mass is 303 g/mol. The molecule has 1 N–H and O–H groups in total. The Morgan fingerprint density at radius 2 is 1.95 bits per heavy atom. The standard InChI is InChI=1S/C17H15ClFNO/c1-10-5-3-6-11-9-14(21-17(10)11)16(20-2)12-7-4-8-13(18)15(12)19/h3-9,16,20H,1-2H3. The summed E-state index contributed by atoms with van der Waals surface area (Å²) in [6.07, 6.45) is 0. The van der Waals surface area contributed by atoms with Gasteiger partial charge in [0.15, 0.2) is 0 Å². The summed E-state index contributed by atoms with van der Waals surface area (Å²) in [4.78, 5) is 0. The normalized spacial score (nSPS) is 12.8. The number of rotatable bonds is 3. The Kier molecular flexibility index (Phi) is 3.70. The van der Waals surface area contributed by atoms with Gasteiger partial charge in [0.2, 0.25) is 0 Å². The SMILES string of the molecule is CNC(c1cc2cccc(C)c2o1)c1cccc(Cl)c1F. The average molecular weight is 304 g/mol. The number of furan rings is 1. The van der Waals surface area contributed by atoms with E-state index in [0.29, 0.717) is 11.3 Å². The minimum atomic E-state index is -0.421. The number of aryl methyl sites for hydroxylation is 1. The van der Waals surface area contributed by atoms with E-state index in [1.54, 1.807) is 19.2 Å². The Hall–Kier alpha value is -1.84. The maximum absolute atomic E-state index is 14.2. The van der Waals surface area contributed by atoms with E-state index in [9.17, 15) is 4.39 Å². The molecule has 21 heavy (non-hydrogen) atoms. The van der Waals surface area contributed by atoms with Crippen LogP contribution in [0.3, 0.4) is 0 Å². The van der Waals surface area contributed by atoms with E-state index < -0.39 is 5.82 Å². The summed E-state index contributed by atoms with van der Waals surface area (Å²) in [6, 6.07) is 12.5. The number of hydrogen-bond acceptors (Lipinski definition) is 2. The van der Waals surface area contributed by atoms with Crippen molar-refractivity contribution < 1.29 is 8.81 Å². The first-order valence-electron chi connectivity index (χ1n) is 6.72. The summed E-state index contributed by atoms with van der Waals surface area (Å²) in [7, 11) is 1.77. The molecular weight excluding hydrogens is 289 g/mol. The number of para-hydroxylation sites is 1. The highest BCUT2D eigenvalue weighted by Gasteiger charge is 2.21. The van der Waals surface area contributed by atoms with Crippen LogP contribution in [0.15, 0.2) is 46.9 Å². The van der Waals surface area contributed by atoms with Gasteiger partial charge in [0, 0.05) is 10.9 Å². The van der Waals surface area contributed by atoms with Crippen molar-refractivity contribution in [3.63, 3.8) is 0 Å². The summed E-state index contributed by atoms with van der Waals surface area (Å²) in [5, 5.41) is 4.21. The second-order valence-electron chi connectivity index (χ2n) is 5.01. The van der Waals surface area contributed by atoms with E-state index in [1.807, 2.05) is 31.2 Å². The molecule has 0 radical (unpaired) electrons. The van der Waals surface area contributed by atoms with E-state index in [0.717, 1.165) is 16.5 Å². The second-order valence-corrected chi connectivity index (χ2v) is 5.41. The maximum atomic E-state index is 14.2. The fourth-order valence-corrected chi connectivity index (χ4v) is 2.75. The Morgan fingerprint density at radius 1 is 1.19 bits per heavy atom. The third kappa shape index (κ3) is 2.43. The van der Waals surface area contributed by atoms with Crippen molar-refractivity contribution in [3.8, 4) is 0 Å². The number of benzene rings is 2. The van der Waals surface area contributed by atoms with Crippen LogP contribution >= 0.6 is 11.6 Å². The minimum Gasteiger partial charge on any atom is -0.459 e. The largest absolute Gasteiger partial charge is 0.459 e. The average Bonchev–Trinajstić information content (AvgIpc) is 2.89. The van der Waals surface area contributed by atoms with Crippen molar-refractivity contribution >= 4 is 22.6 Å². The summed E-state index contributed by atoms with van der Waals surface area (Å²) >= 11 is 5.87. The quantitative estimate of drug-likeness (QED) is 0.749. The first-order chi connectivity index (χ1) is 10.1. The van der Waals surface area contributed by atoms with Crippen LogP contribution in [-0.4, -0.2) is 7.05 Å². The van der Waals surface area contributed by atoms with Gasteiger partial charge in [-0.05, 0) is 31.7 Å². The van der Waals surface area contributed by atoms with Crippen LogP contribution in [0.2, 0.25) is 5.02 Å². The lowest BCUT2D eigenvalue weighted by atomic mass is 10.0. The molecule has 0 aliphatic carbocycles. The molecule has 3 rings (SSSR count). The molecule has 0 fully saturated rings. The van der Waals surface area contributed by atoms with Crippen LogP contribution in [-0.2, 0) is 0 Å². The fraction of sp³-hybridized carbons (Fsp3) is 0.176. The molecule has 1 unspecified atom stereocenters. The van der Waals surface area contributed by atoms with Gasteiger partial charge in [-0.1, -0.05) is 41.9 Å². The molecule has 1 atom stereocenters. The Balaban J connectivity index is 2.14. The van der Waals surface area contributed by atoms with Crippen molar-refractivity contribution in [2.75, 3.05) is 7.05 Å². The number of fused-ring (bicyclic) bond motifs is 1. The van der Waals surface area contributed by atoms with Gasteiger partial charge in [-0.3, -0.25) is 0 Å². The van der Waals surface area contributed by atoms with E-state index in [-0.39, 0.29) is 11.1 Å². The van der Waals surface area contributed by atoms with Crippen molar-refractivity contribution in [1.82, 2.24) is 5.32 Å². The number of nitrogens with one attached hydrogen (secondary N) is 1. The van der Waals surface area contributed by atoms with Crippen LogP contribution in [0.5, 0.6) is 0 Å². The van der Waals surface area contributed by atoms with E-state index >= 15 is 0 Å². The summed E-state index contributed by atoms with van der Waals surface area (Å²) in [6.45, 7) is 1.99. The Bertz CT molecular complexity index is 797. The van der Waals surface area contributed by atoms with E-state index in [2.05, 4.69) is 5.32 Å². The summed E-state index contributed by atoms with van der Waals surface area (Å²) < 4.78 is 20.2. The molecule has 0 saturated carbocycles. The molecule has 2 nitrogen and oxygen atoms in total. The van der Waals surface area contributed by atoms with Crippen molar-refractivity contribution in [1.29, 1.82) is 0 Å². The molecule has 0 bridgehead atoms. The summed E-state index contributed by atoms with van der Waals surface area (Å²) in [5.74, 6) is 0.249. The third-order valence-electron chi connectivity index (χ3n) is 3.63. The molecule has 0 amide bonds. The molecule has 1 aromatic heterocycles. The van der Waals surface area contributed by atoms with Gasteiger partial charge in [-0.25, -0.2) is 4.39 Å². The Morgan fingerprint density at radius 3 is 2.67 bits per heavy atom. The highest BCUT2D eigenvalue weighted by molar-refractivity contribution is 6.30. The topological polar surface area (TPSA) is 25.2 Å². The van der Waals surface area contributed by atoms with Gasteiger partial charge >= 0.3 is 0 Å². The lowest BCUT2D eigenvalue weighted by Gasteiger charge is -2.15. The van der Waals surface area contributed by atoms with Crippen LogP contribution in [0.4, 0.5) is 4.39 Å². The van der Waals surface area contributed by atoms with E-state index in [1.165, 1.54) is 6.07 Å². The molecule has 0 aliphatic heterocycles. The molecule has 3 aromatic rings. The van der Waals surface area contributed by atoms with Crippen LogP contribution in [0, 0.1) is 12.7 Å². The first kappa shape index (κ1) is 14.1. The zero-order valence-corrected chi connectivity index (χ0v) is 12.5. The summed E-state index contributed by atoms with van der Waals surface area (Å²) in [5.41, 5.74) is 2.36. The maximum Gasteiger partial charge on any atom is 0.147 e. The molecule has 0 spiro atoms. The zero-order valence-electron chi connectivity index (χ0n) is 11.8. The zero-order chi connectivity index (χ0) is 15.0. The molecule has 1 heterocycles. The van der Waals surface area contributed by atoms with Crippen LogP contribution in [0.25, 0.3) is 11.0 Å². The van der Waals surface area contributed by atoms with Crippen molar-refractivity contribution in [2.45, 2.75) is 13.0 Å².